The number of halogens is 3. The molecule has 0 saturated carbocycles. The molecular weight excluding hydrogens is 277 g/mol. The molecule has 0 heterocycles. The molecule has 1 aromatic rings. The minimum absolute atomic E-state index is 0.0518. The molecule has 0 aliphatic heterocycles. The molecule has 0 aromatic heterocycles. The fourth-order valence-corrected chi connectivity index (χ4v) is 2.21. The first-order chi connectivity index (χ1) is 9.81. The van der Waals surface area contributed by atoms with E-state index in [4.69, 9.17) is 0 Å². The maximum atomic E-state index is 12.2. The standard InChI is InChI=1S/C16H25F3N2/c1-4-20-15(14-7-5-13(2)6-8-14)9-11-21(3)12-10-16(17,18)19/h5-8,15,20H,4,9-12H2,1-3H3. The van der Waals surface area contributed by atoms with Gasteiger partial charge in [-0.1, -0.05) is 36.8 Å². The van der Waals surface area contributed by atoms with E-state index in [1.54, 1.807) is 11.9 Å². The molecule has 0 radical (unpaired) electrons. The Hall–Kier alpha value is -1.07. The molecule has 1 unspecified atom stereocenters. The van der Waals surface area contributed by atoms with Gasteiger partial charge >= 0.3 is 6.18 Å². The van der Waals surface area contributed by atoms with Crippen molar-refractivity contribution in [3.8, 4) is 0 Å². The average Bonchev–Trinajstić information content (AvgIpc) is 2.41. The Bertz CT molecular complexity index is 401. The summed E-state index contributed by atoms with van der Waals surface area (Å²) >= 11 is 0. The van der Waals surface area contributed by atoms with Crippen LogP contribution in [0.1, 0.15) is 36.9 Å². The molecule has 1 aromatic carbocycles. The van der Waals surface area contributed by atoms with E-state index in [0.29, 0.717) is 6.54 Å². The van der Waals surface area contributed by atoms with Gasteiger partial charge in [-0.3, -0.25) is 0 Å². The maximum Gasteiger partial charge on any atom is 0.390 e. The van der Waals surface area contributed by atoms with Crippen LogP contribution in [-0.4, -0.2) is 37.8 Å². The van der Waals surface area contributed by atoms with Crippen molar-refractivity contribution in [2.75, 3.05) is 26.7 Å². The van der Waals surface area contributed by atoms with Crippen LogP contribution in [0.3, 0.4) is 0 Å². The van der Waals surface area contributed by atoms with Crippen molar-refractivity contribution >= 4 is 0 Å². The number of benzene rings is 1. The van der Waals surface area contributed by atoms with Crippen LogP contribution in [-0.2, 0) is 0 Å². The number of alkyl halides is 3. The smallest absolute Gasteiger partial charge is 0.310 e. The fourth-order valence-electron chi connectivity index (χ4n) is 2.21. The molecule has 0 spiro atoms. The molecule has 5 heteroatoms. The van der Waals surface area contributed by atoms with Gasteiger partial charge in [0.1, 0.15) is 0 Å². The largest absolute Gasteiger partial charge is 0.390 e. The van der Waals surface area contributed by atoms with Crippen molar-refractivity contribution in [3.63, 3.8) is 0 Å². The quantitative estimate of drug-likeness (QED) is 0.783. The highest BCUT2D eigenvalue weighted by atomic mass is 19.4. The molecule has 1 atom stereocenters. The third kappa shape index (κ3) is 7.48. The Morgan fingerprint density at radius 1 is 1.14 bits per heavy atom. The van der Waals surface area contributed by atoms with Gasteiger partial charge in [-0.05, 0) is 39.0 Å². The van der Waals surface area contributed by atoms with E-state index in [9.17, 15) is 13.2 Å². The lowest BCUT2D eigenvalue weighted by Gasteiger charge is -2.23. The first-order valence-corrected chi connectivity index (χ1v) is 7.37. The molecule has 1 rings (SSSR count). The van der Waals surface area contributed by atoms with Crippen molar-refractivity contribution in [3.05, 3.63) is 35.4 Å². The molecule has 0 fully saturated rings. The summed E-state index contributed by atoms with van der Waals surface area (Å²) in [4.78, 5) is 1.74. The zero-order valence-corrected chi connectivity index (χ0v) is 13.0. The highest BCUT2D eigenvalue weighted by Gasteiger charge is 2.27. The molecule has 0 saturated heterocycles. The number of nitrogens with zero attached hydrogens (tertiary/aromatic N) is 1. The fraction of sp³-hybridized carbons (Fsp3) is 0.625. The SMILES string of the molecule is CCNC(CCN(C)CCC(F)(F)F)c1ccc(C)cc1. The molecule has 0 aliphatic rings. The molecule has 0 amide bonds. The highest BCUT2D eigenvalue weighted by Crippen LogP contribution is 2.21. The Labute approximate surface area is 125 Å². The molecule has 0 aliphatic carbocycles. The van der Waals surface area contributed by atoms with E-state index in [1.165, 1.54) is 11.1 Å². The lowest BCUT2D eigenvalue weighted by molar-refractivity contribution is -0.137. The predicted octanol–water partition coefficient (Wildman–Crippen LogP) is 3.92. The van der Waals surface area contributed by atoms with Gasteiger partial charge in [0.25, 0.3) is 0 Å². The first kappa shape index (κ1) is 18.0. The van der Waals surface area contributed by atoms with E-state index < -0.39 is 12.6 Å². The molecule has 21 heavy (non-hydrogen) atoms. The van der Waals surface area contributed by atoms with Crippen LogP contribution < -0.4 is 5.32 Å². The van der Waals surface area contributed by atoms with Gasteiger partial charge in [0.05, 0.1) is 6.42 Å². The van der Waals surface area contributed by atoms with Gasteiger partial charge in [0.2, 0.25) is 0 Å². The van der Waals surface area contributed by atoms with E-state index >= 15 is 0 Å². The Morgan fingerprint density at radius 3 is 2.29 bits per heavy atom. The lowest BCUT2D eigenvalue weighted by Crippen LogP contribution is -2.29. The number of rotatable bonds is 8. The maximum absolute atomic E-state index is 12.2. The third-order valence-corrected chi connectivity index (χ3v) is 3.51. The molecule has 2 nitrogen and oxygen atoms in total. The Kier molecular flexibility index (Phi) is 7.18. The topological polar surface area (TPSA) is 15.3 Å². The zero-order chi connectivity index (χ0) is 15.9. The summed E-state index contributed by atoms with van der Waals surface area (Å²) in [5.74, 6) is 0. The van der Waals surface area contributed by atoms with E-state index in [2.05, 4.69) is 29.6 Å². The van der Waals surface area contributed by atoms with Gasteiger partial charge in [0.15, 0.2) is 0 Å². The van der Waals surface area contributed by atoms with Crippen LogP contribution in [0.15, 0.2) is 24.3 Å². The van der Waals surface area contributed by atoms with E-state index in [1.807, 2.05) is 13.8 Å². The van der Waals surface area contributed by atoms with Crippen LogP contribution in [0.4, 0.5) is 13.2 Å². The van der Waals surface area contributed by atoms with Crippen molar-refractivity contribution in [1.29, 1.82) is 0 Å². The summed E-state index contributed by atoms with van der Waals surface area (Å²) < 4.78 is 36.6. The van der Waals surface area contributed by atoms with Crippen LogP contribution >= 0.6 is 0 Å². The third-order valence-electron chi connectivity index (χ3n) is 3.51. The Balaban J connectivity index is 2.49. The second-order valence-corrected chi connectivity index (χ2v) is 5.48. The Morgan fingerprint density at radius 2 is 1.76 bits per heavy atom. The number of hydrogen-bond donors (Lipinski definition) is 1. The molecule has 0 bridgehead atoms. The second-order valence-electron chi connectivity index (χ2n) is 5.48. The van der Waals surface area contributed by atoms with Gasteiger partial charge in [0, 0.05) is 12.6 Å². The summed E-state index contributed by atoms with van der Waals surface area (Å²) in [7, 11) is 1.74. The predicted molar refractivity (Wildman–Crippen MR) is 80.4 cm³/mol. The minimum Gasteiger partial charge on any atom is -0.310 e. The van der Waals surface area contributed by atoms with Gasteiger partial charge in [-0.25, -0.2) is 0 Å². The average molecular weight is 302 g/mol. The molecule has 1 N–H and O–H groups in total. The monoisotopic (exact) mass is 302 g/mol. The van der Waals surface area contributed by atoms with Crippen LogP contribution in [0.25, 0.3) is 0 Å². The summed E-state index contributed by atoms with van der Waals surface area (Å²) in [6, 6.07) is 8.47. The van der Waals surface area contributed by atoms with Gasteiger partial charge < -0.3 is 10.2 Å². The summed E-state index contributed by atoms with van der Waals surface area (Å²) in [6.45, 7) is 5.61. The first-order valence-electron chi connectivity index (χ1n) is 7.37. The van der Waals surface area contributed by atoms with Gasteiger partial charge in [-0.2, -0.15) is 13.2 Å². The lowest BCUT2D eigenvalue weighted by atomic mass is 10.0. The van der Waals surface area contributed by atoms with Crippen LogP contribution in [0.5, 0.6) is 0 Å². The summed E-state index contributed by atoms with van der Waals surface area (Å²) in [6.07, 6.45) is -4.03. The number of nitrogens with one attached hydrogen (secondary N) is 1. The van der Waals surface area contributed by atoms with Crippen molar-refractivity contribution in [2.45, 2.75) is 38.9 Å². The summed E-state index contributed by atoms with van der Waals surface area (Å²) in [5, 5.41) is 3.40. The van der Waals surface area contributed by atoms with E-state index in [0.717, 1.165) is 13.0 Å². The van der Waals surface area contributed by atoms with Crippen LogP contribution in [0, 0.1) is 6.92 Å². The molecular formula is C16H25F3N2. The van der Waals surface area contributed by atoms with Crippen molar-refractivity contribution in [2.24, 2.45) is 0 Å². The minimum atomic E-state index is -4.08. The normalized spacial score (nSPS) is 13.7. The van der Waals surface area contributed by atoms with E-state index in [-0.39, 0.29) is 12.6 Å². The second kappa shape index (κ2) is 8.39. The highest BCUT2D eigenvalue weighted by molar-refractivity contribution is 5.24. The van der Waals surface area contributed by atoms with Crippen LogP contribution in [0.2, 0.25) is 0 Å². The zero-order valence-electron chi connectivity index (χ0n) is 13.0. The number of hydrogen-bond acceptors (Lipinski definition) is 2. The number of aryl methyl sites for hydroxylation is 1. The van der Waals surface area contributed by atoms with Crippen molar-refractivity contribution in [1.82, 2.24) is 10.2 Å². The van der Waals surface area contributed by atoms with Gasteiger partial charge in [-0.15, -0.1) is 0 Å². The summed E-state index contributed by atoms with van der Waals surface area (Å²) in [5.41, 5.74) is 2.39. The molecule has 120 valence electrons. The van der Waals surface area contributed by atoms with Crippen molar-refractivity contribution < 1.29 is 13.2 Å².